The van der Waals surface area contributed by atoms with Crippen molar-refractivity contribution in [3.63, 3.8) is 0 Å². The molecule has 2 N–H and O–H groups in total. The van der Waals surface area contributed by atoms with Gasteiger partial charge in [0.15, 0.2) is 0 Å². The third-order valence-corrected chi connectivity index (χ3v) is 3.95. The summed E-state index contributed by atoms with van der Waals surface area (Å²) < 4.78 is 0. The molecular formula is C18H17ClN2O5. The van der Waals surface area contributed by atoms with Gasteiger partial charge >= 0.3 is 5.97 Å². The summed E-state index contributed by atoms with van der Waals surface area (Å²) in [7, 11) is 0. The number of hydrogen-bond donors (Lipinski definition) is 2. The minimum atomic E-state index is -1.04. The molecule has 1 amide bonds. The van der Waals surface area contributed by atoms with E-state index in [1.807, 2.05) is 0 Å². The number of carbonyl (C=O) groups excluding carboxylic acids is 1. The molecule has 2 aromatic carbocycles. The summed E-state index contributed by atoms with van der Waals surface area (Å²) in [5.74, 6) is -1.34. The molecule has 0 aliphatic heterocycles. The van der Waals surface area contributed by atoms with Gasteiger partial charge in [-0.1, -0.05) is 35.9 Å². The molecule has 7 nitrogen and oxygen atoms in total. The average Bonchev–Trinajstić information content (AvgIpc) is 2.56. The van der Waals surface area contributed by atoms with E-state index in [-0.39, 0.29) is 30.9 Å². The first kappa shape index (κ1) is 19.4. The van der Waals surface area contributed by atoms with Crippen molar-refractivity contribution in [2.75, 3.05) is 0 Å². The summed E-state index contributed by atoms with van der Waals surface area (Å²) in [6.45, 7) is 0. The third kappa shape index (κ3) is 6.18. The Balaban J connectivity index is 2.01. The summed E-state index contributed by atoms with van der Waals surface area (Å²) in [4.78, 5) is 33.4. The number of nitrogens with one attached hydrogen (secondary N) is 1. The molecule has 2 rings (SSSR count). The Labute approximate surface area is 154 Å². The van der Waals surface area contributed by atoms with Gasteiger partial charge in [0.25, 0.3) is 5.69 Å². The van der Waals surface area contributed by atoms with Gasteiger partial charge < -0.3 is 10.4 Å². The van der Waals surface area contributed by atoms with Crippen LogP contribution >= 0.6 is 11.6 Å². The van der Waals surface area contributed by atoms with Crippen molar-refractivity contribution in [2.24, 2.45) is 0 Å². The van der Waals surface area contributed by atoms with E-state index in [1.54, 1.807) is 36.4 Å². The minimum absolute atomic E-state index is 0.0460. The number of halogens is 1. The molecule has 0 bridgehead atoms. The number of carboxylic acid groups (broad SMARTS) is 1. The van der Waals surface area contributed by atoms with E-state index in [4.69, 9.17) is 16.7 Å². The van der Waals surface area contributed by atoms with Gasteiger partial charge in [0.1, 0.15) is 0 Å². The predicted octanol–water partition coefficient (Wildman–Crippen LogP) is 2.99. The Morgan fingerprint density at radius 3 is 2.19 bits per heavy atom. The fourth-order valence-electron chi connectivity index (χ4n) is 2.49. The minimum Gasteiger partial charge on any atom is -0.481 e. The molecular weight excluding hydrogens is 360 g/mol. The van der Waals surface area contributed by atoms with Crippen molar-refractivity contribution >= 4 is 29.2 Å². The van der Waals surface area contributed by atoms with Crippen LogP contribution < -0.4 is 5.32 Å². The molecule has 0 aromatic heterocycles. The zero-order valence-electron chi connectivity index (χ0n) is 13.7. The van der Waals surface area contributed by atoms with Gasteiger partial charge in [-0.2, -0.15) is 0 Å². The van der Waals surface area contributed by atoms with Crippen molar-refractivity contribution in [2.45, 2.75) is 25.3 Å². The highest BCUT2D eigenvalue weighted by atomic mass is 35.5. The van der Waals surface area contributed by atoms with Crippen LogP contribution in [0.3, 0.4) is 0 Å². The van der Waals surface area contributed by atoms with Crippen LogP contribution in [0.15, 0.2) is 48.5 Å². The lowest BCUT2D eigenvalue weighted by atomic mass is 10.0. The molecule has 0 unspecified atom stereocenters. The number of nitro groups is 1. The number of aliphatic carboxylic acids is 1. The van der Waals surface area contributed by atoms with Gasteiger partial charge in [-0.25, -0.2) is 0 Å². The van der Waals surface area contributed by atoms with Gasteiger partial charge in [-0.3, -0.25) is 19.7 Å². The number of amides is 1. The van der Waals surface area contributed by atoms with Crippen LogP contribution in [0, 0.1) is 10.1 Å². The maximum atomic E-state index is 12.2. The zero-order chi connectivity index (χ0) is 19.1. The first-order valence-electron chi connectivity index (χ1n) is 7.82. The van der Waals surface area contributed by atoms with E-state index in [9.17, 15) is 19.7 Å². The lowest BCUT2D eigenvalue weighted by molar-refractivity contribution is -0.384. The monoisotopic (exact) mass is 376 g/mol. The average molecular weight is 377 g/mol. The van der Waals surface area contributed by atoms with E-state index < -0.39 is 16.9 Å². The van der Waals surface area contributed by atoms with Gasteiger partial charge in [0.05, 0.1) is 17.8 Å². The number of rotatable bonds is 8. The van der Waals surface area contributed by atoms with Gasteiger partial charge in [0.2, 0.25) is 5.91 Å². The summed E-state index contributed by atoms with van der Waals surface area (Å²) in [6.07, 6.45) is 0.119. The van der Waals surface area contributed by atoms with Crippen molar-refractivity contribution in [1.29, 1.82) is 0 Å². The van der Waals surface area contributed by atoms with Gasteiger partial charge in [-0.15, -0.1) is 0 Å². The second-order valence-electron chi connectivity index (χ2n) is 5.79. The number of benzene rings is 2. The highest BCUT2D eigenvalue weighted by Gasteiger charge is 2.17. The Hall–Kier alpha value is -2.93. The SMILES string of the molecule is O=C(O)C[C@H](Cc1ccc([N+](=O)[O-])cc1)NC(=O)Cc1ccc(Cl)cc1. The third-order valence-electron chi connectivity index (χ3n) is 3.69. The van der Waals surface area contributed by atoms with Crippen LogP contribution in [0.25, 0.3) is 0 Å². The molecule has 2 aromatic rings. The van der Waals surface area contributed by atoms with Crippen molar-refractivity contribution < 1.29 is 19.6 Å². The number of nitro benzene ring substituents is 1. The lowest BCUT2D eigenvalue weighted by Crippen LogP contribution is -2.38. The summed E-state index contributed by atoms with van der Waals surface area (Å²) in [6, 6.07) is 12.0. The Kier molecular flexibility index (Phi) is 6.68. The molecule has 0 heterocycles. The fraction of sp³-hybridized carbons (Fsp3) is 0.222. The van der Waals surface area contributed by atoms with Crippen LogP contribution in [0.4, 0.5) is 5.69 Å². The standard InChI is InChI=1S/C18H17ClN2O5/c19-14-5-1-13(2-6-14)10-17(22)20-15(11-18(23)24)9-12-3-7-16(8-4-12)21(25)26/h1-8,15H,9-11H2,(H,20,22)(H,23,24)/t15-/m0/s1. The molecule has 0 radical (unpaired) electrons. The van der Waals surface area contributed by atoms with Crippen LogP contribution in [0.2, 0.25) is 5.02 Å². The van der Waals surface area contributed by atoms with Crippen LogP contribution in [-0.2, 0) is 22.4 Å². The zero-order valence-corrected chi connectivity index (χ0v) is 14.5. The molecule has 0 saturated heterocycles. The highest BCUT2D eigenvalue weighted by Crippen LogP contribution is 2.14. The number of non-ortho nitro benzene ring substituents is 1. The molecule has 0 aliphatic rings. The molecule has 136 valence electrons. The topological polar surface area (TPSA) is 110 Å². The maximum Gasteiger partial charge on any atom is 0.305 e. The lowest BCUT2D eigenvalue weighted by Gasteiger charge is -2.17. The molecule has 26 heavy (non-hydrogen) atoms. The van der Waals surface area contributed by atoms with E-state index in [1.165, 1.54) is 12.1 Å². The Morgan fingerprint density at radius 2 is 1.65 bits per heavy atom. The van der Waals surface area contributed by atoms with Gasteiger partial charge in [0, 0.05) is 23.2 Å². The van der Waals surface area contributed by atoms with E-state index >= 15 is 0 Å². The number of hydrogen-bond acceptors (Lipinski definition) is 4. The predicted molar refractivity (Wildman–Crippen MR) is 96.1 cm³/mol. The number of nitrogens with zero attached hydrogens (tertiary/aromatic N) is 1. The molecule has 0 spiro atoms. The number of carboxylic acids is 1. The molecule has 0 fully saturated rings. The normalized spacial score (nSPS) is 11.6. The smallest absolute Gasteiger partial charge is 0.305 e. The second-order valence-corrected chi connectivity index (χ2v) is 6.23. The molecule has 0 saturated carbocycles. The van der Waals surface area contributed by atoms with Crippen LogP contribution in [0.5, 0.6) is 0 Å². The summed E-state index contributed by atoms with van der Waals surface area (Å²) in [5.41, 5.74) is 1.42. The van der Waals surface area contributed by atoms with Crippen molar-refractivity contribution in [1.82, 2.24) is 5.32 Å². The fourth-order valence-corrected chi connectivity index (χ4v) is 2.62. The first-order chi connectivity index (χ1) is 12.3. The molecule has 0 aliphatic carbocycles. The number of carbonyl (C=O) groups is 2. The van der Waals surface area contributed by atoms with Crippen LogP contribution in [-0.4, -0.2) is 27.9 Å². The van der Waals surface area contributed by atoms with Crippen molar-refractivity contribution in [3.8, 4) is 0 Å². The molecule has 8 heteroatoms. The van der Waals surface area contributed by atoms with Crippen LogP contribution in [0.1, 0.15) is 17.5 Å². The Morgan fingerprint density at radius 1 is 1.08 bits per heavy atom. The first-order valence-corrected chi connectivity index (χ1v) is 8.20. The molecule has 1 atom stereocenters. The summed E-state index contributed by atoms with van der Waals surface area (Å²) >= 11 is 5.80. The van der Waals surface area contributed by atoms with E-state index in [0.717, 1.165) is 5.56 Å². The van der Waals surface area contributed by atoms with Gasteiger partial charge in [-0.05, 0) is 29.7 Å². The highest BCUT2D eigenvalue weighted by molar-refractivity contribution is 6.30. The maximum absolute atomic E-state index is 12.2. The summed E-state index contributed by atoms with van der Waals surface area (Å²) in [5, 5.41) is 23.0. The largest absolute Gasteiger partial charge is 0.481 e. The van der Waals surface area contributed by atoms with E-state index in [2.05, 4.69) is 5.32 Å². The van der Waals surface area contributed by atoms with E-state index in [0.29, 0.717) is 10.6 Å². The second kappa shape index (κ2) is 8.96. The quantitative estimate of drug-likeness (QED) is 0.543. The Bertz CT molecular complexity index is 790. The van der Waals surface area contributed by atoms with Crippen molar-refractivity contribution in [3.05, 3.63) is 74.8 Å².